The number of unbranched alkanes of at least 4 members (excludes halogenated alkanes) is 1. The highest BCUT2D eigenvalue weighted by Crippen LogP contribution is 2.09. The number of aliphatic carboxylic acids is 3. The molecule has 0 saturated heterocycles. The van der Waals surface area contributed by atoms with Crippen molar-refractivity contribution in [1.29, 1.82) is 5.41 Å². The molecule has 0 spiro atoms. The number of carboxylic acid groups (broad SMARTS) is 3. The SMILES string of the molecule is N=C(N)NCCC[C@H](NC(=O)[C@H](CC(N)=O)NC(=O)[C@H](Cc1c[nH]cn1)NC(=O)[C@@H](N)CCCCN)C(=O)NCC(=O)N[C@@H](CC(=O)O)C(=O)N[C@@H](CCC(=O)O)C(=O)N[C@@H](Cc1ccccc1)C(=O)O. The molecule has 0 radical (unpaired) electrons. The molecule has 0 aliphatic carbocycles. The number of carboxylic acids is 3. The van der Waals surface area contributed by atoms with Crippen LogP contribution in [0.1, 0.15) is 69.0 Å². The van der Waals surface area contributed by atoms with Crippen LogP contribution in [0.5, 0.6) is 0 Å². The molecule has 1 heterocycles. The number of aromatic amines is 1. The lowest BCUT2D eigenvalue weighted by atomic mass is 10.0. The number of aromatic nitrogens is 2. The number of guanidine groups is 1. The first kappa shape index (κ1) is 58.9. The lowest BCUT2D eigenvalue weighted by Gasteiger charge is -2.25. The van der Waals surface area contributed by atoms with E-state index in [-0.39, 0.29) is 38.6 Å². The highest BCUT2D eigenvalue weighted by molar-refractivity contribution is 5.98. The average molecular weight is 1000 g/mol. The van der Waals surface area contributed by atoms with E-state index in [1.807, 2.05) is 0 Å². The summed E-state index contributed by atoms with van der Waals surface area (Å²) in [6.45, 7) is -0.597. The molecule has 0 unspecified atom stereocenters. The zero-order valence-electron chi connectivity index (χ0n) is 38.6. The fourth-order valence-electron chi connectivity index (χ4n) is 6.54. The summed E-state index contributed by atoms with van der Waals surface area (Å²) >= 11 is 0. The first-order valence-electron chi connectivity index (χ1n) is 22.2. The number of nitrogens with two attached hydrogens (primary N) is 4. The molecule has 71 heavy (non-hydrogen) atoms. The number of nitrogens with one attached hydrogen (secondary N) is 10. The number of hydrogen-bond acceptors (Lipinski definition) is 15. The lowest BCUT2D eigenvalue weighted by molar-refractivity contribution is -0.143. The van der Waals surface area contributed by atoms with E-state index in [0.29, 0.717) is 30.6 Å². The monoisotopic (exact) mass is 1000 g/mol. The van der Waals surface area contributed by atoms with Crippen molar-refractivity contribution in [2.75, 3.05) is 19.6 Å². The molecule has 0 aliphatic rings. The molecule has 21 N–H and O–H groups in total. The van der Waals surface area contributed by atoms with Crippen LogP contribution in [0.4, 0.5) is 0 Å². The Morgan fingerprint density at radius 3 is 1.76 bits per heavy atom. The Hall–Kier alpha value is -8.21. The minimum Gasteiger partial charge on any atom is -0.481 e. The molecule has 2 rings (SSSR count). The third-order valence-corrected chi connectivity index (χ3v) is 10.2. The summed E-state index contributed by atoms with van der Waals surface area (Å²) in [6.07, 6.45) is 0.346. The number of nitrogens with zero attached hydrogens (tertiary/aromatic N) is 1. The van der Waals surface area contributed by atoms with Gasteiger partial charge in [-0.2, -0.15) is 0 Å². The van der Waals surface area contributed by atoms with Crippen molar-refractivity contribution in [3.05, 3.63) is 54.1 Å². The Morgan fingerprint density at radius 1 is 0.620 bits per heavy atom. The van der Waals surface area contributed by atoms with Gasteiger partial charge in [0.15, 0.2) is 5.96 Å². The zero-order valence-corrected chi connectivity index (χ0v) is 38.6. The highest BCUT2D eigenvalue weighted by Gasteiger charge is 2.34. The molecule has 0 fully saturated rings. The van der Waals surface area contributed by atoms with Crippen LogP contribution >= 0.6 is 0 Å². The van der Waals surface area contributed by atoms with Gasteiger partial charge < -0.3 is 85.8 Å². The molecular formula is C42H63N15O14. The van der Waals surface area contributed by atoms with Crippen LogP contribution in [-0.2, 0) is 65.6 Å². The van der Waals surface area contributed by atoms with Crippen LogP contribution in [0, 0.1) is 5.41 Å². The van der Waals surface area contributed by atoms with E-state index in [2.05, 4.69) is 52.5 Å². The van der Waals surface area contributed by atoms with Crippen molar-refractivity contribution in [3.8, 4) is 0 Å². The molecule has 8 amide bonds. The maximum atomic E-state index is 13.8. The first-order valence-corrected chi connectivity index (χ1v) is 22.2. The molecule has 1 aromatic heterocycles. The van der Waals surface area contributed by atoms with E-state index in [0.717, 1.165) is 0 Å². The van der Waals surface area contributed by atoms with E-state index in [4.69, 9.17) is 28.3 Å². The van der Waals surface area contributed by atoms with E-state index < -0.39 is 146 Å². The van der Waals surface area contributed by atoms with Gasteiger partial charge in [0.1, 0.15) is 36.3 Å². The normalized spacial score (nSPS) is 13.7. The molecule has 0 bridgehead atoms. The summed E-state index contributed by atoms with van der Waals surface area (Å²) in [7, 11) is 0. The summed E-state index contributed by atoms with van der Waals surface area (Å²) in [4.78, 5) is 148. The van der Waals surface area contributed by atoms with Crippen LogP contribution < -0.4 is 65.5 Å². The predicted octanol–water partition coefficient (Wildman–Crippen LogP) is -5.76. The quantitative estimate of drug-likeness (QED) is 0.0176. The Labute approximate surface area is 406 Å². The Kier molecular flexibility index (Phi) is 25.7. The van der Waals surface area contributed by atoms with E-state index in [9.17, 15) is 68.1 Å². The second-order valence-electron chi connectivity index (χ2n) is 16.0. The van der Waals surface area contributed by atoms with Crippen molar-refractivity contribution in [3.63, 3.8) is 0 Å². The summed E-state index contributed by atoms with van der Waals surface area (Å²) < 4.78 is 0. The predicted molar refractivity (Wildman–Crippen MR) is 248 cm³/mol. The largest absolute Gasteiger partial charge is 0.481 e. The molecule has 29 nitrogen and oxygen atoms in total. The van der Waals surface area contributed by atoms with Gasteiger partial charge in [0.05, 0.1) is 37.4 Å². The van der Waals surface area contributed by atoms with Gasteiger partial charge in [-0.3, -0.25) is 53.4 Å². The number of imidazole rings is 1. The number of H-pyrrole nitrogens is 1. The first-order chi connectivity index (χ1) is 33.6. The number of rotatable bonds is 34. The number of carbonyl (C=O) groups is 11. The molecule has 1 aromatic carbocycles. The highest BCUT2D eigenvalue weighted by atomic mass is 16.4. The van der Waals surface area contributed by atoms with Crippen molar-refractivity contribution in [2.24, 2.45) is 22.9 Å². The fourth-order valence-corrected chi connectivity index (χ4v) is 6.54. The fraction of sp³-hybridized carbons (Fsp3) is 0.500. The molecule has 29 heteroatoms. The van der Waals surface area contributed by atoms with Gasteiger partial charge in [0.2, 0.25) is 47.3 Å². The van der Waals surface area contributed by atoms with Crippen LogP contribution in [0.3, 0.4) is 0 Å². The number of benzene rings is 1. The number of hydrogen-bond donors (Lipinski definition) is 17. The maximum Gasteiger partial charge on any atom is 0.326 e. The minimum atomic E-state index is -1.95. The van der Waals surface area contributed by atoms with Gasteiger partial charge in [0, 0.05) is 32.0 Å². The van der Waals surface area contributed by atoms with E-state index in [1.54, 1.807) is 30.3 Å². The van der Waals surface area contributed by atoms with Crippen LogP contribution in [0.25, 0.3) is 0 Å². The third-order valence-electron chi connectivity index (χ3n) is 10.2. The molecule has 390 valence electrons. The van der Waals surface area contributed by atoms with Crippen molar-refractivity contribution < 1.29 is 68.1 Å². The smallest absolute Gasteiger partial charge is 0.326 e. The number of amides is 8. The third kappa shape index (κ3) is 23.6. The molecular weight excluding hydrogens is 939 g/mol. The lowest BCUT2D eigenvalue weighted by Crippen LogP contribution is -2.59. The van der Waals surface area contributed by atoms with Gasteiger partial charge >= 0.3 is 17.9 Å². The van der Waals surface area contributed by atoms with Crippen LogP contribution in [0.15, 0.2) is 42.9 Å². The standard InChI is InChI=1S/C42H63N15O14/c43-13-5-4-9-24(44)35(64)55-27(16-23-19-48-21-51-23)38(67)56-28(17-31(45)58)39(68)53-25(10-6-14-49-42(46)47)36(65)50-20-32(59)52-29(18-34(62)63)40(69)54-26(11-12-33(60)61)37(66)57-30(41(70)71)15-22-7-2-1-3-8-22/h1-3,7-8,19,21,24-30H,4-6,9-18,20,43-44H2,(H2,45,58)(H,48,51)(H,50,65)(H,52,59)(H,53,68)(H,54,69)(H,55,64)(H,56,67)(H,57,66)(H,60,61)(H,62,63)(H,70,71)(H4,46,47,49)/t24-,25-,26-,27-,28-,29-,30-/m0/s1. The van der Waals surface area contributed by atoms with Gasteiger partial charge in [0.25, 0.3) is 0 Å². The number of primary amides is 1. The molecule has 2 aromatic rings. The summed E-state index contributed by atoms with van der Waals surface area (Å²) in [6, 6.07) is -2.81. The average Bonchev–Trinajstić information content (AvgIpc) is 3.82. The minimum absolute atomic E-state index is 0.00129. The summed E-state index contributed by atoms with van der Waals surface area (Å²) in [5.41, 5.74) is 23.1. The van der Waals surface area contributed by atoms with Crippen LogP contribution in [0.2, 0.25) is 0 Å². The van der Waals surface area contributed by atoms with E-state index in [1.165, 1.54) is 12.5 Å². The Balaban J connectivity index is 2.27. The van der Waals surface area contributed by atoms with Crippen LogP contribution in [-0.4, -0.2) is 158 Å². The maximum absolute atomic E-state index is 13.8. The van der Waals surface area contributed by atoms with Gasteiger partial charge in [-0.15, -0.1) is 0 Å². The summed E-state index contributed by atoms with van der Waals surface area (Å²) in [5, 5.41) is 54.5. The number of carbonyl (C=O) groups excluding carboxylic acids is 8. The summed E-state index contributed by atoms with van der Waals surface area (Å²) in [5.74, 6) is -13.4. The van der Waals surface area contributed by atoms with Crippen molar-refractivity contribution >= 4 is 71.1 Å². The van der Waals surface area contributed by atoms with Gasteiger partial charge in [-0.05, 0) is 44.2 Å². The van der Waals surface area contributed by atoms with Crippen molar-refractivity contribution in [1.82, 2.24) is 52.5 Å². The second-order valence-corrected chi connectivity index (χ2v) is 16.0. The molecule has 0 saturated carbocycles. The van der Waals surface area contributed by atoms with Gasteiger partial charge in [-0.1, -0.05) is 36.8 Å². The van der Waals surface area contributed by atoms with Crippen molar-refractivity contribution in [2.45, 2.75) is 113 Å². The molecule has 7 atom stereocenters. The topological polar surface area (TPSA) is 501 Å². The van der Waals surface area contributed by atoms with E-state index >= 15 is 0 Å². The second kappa shape index (κ2) is 31.0. The Bertz CT molecular complexity index is 2160. The Morgan fingerprint density at radius 2 is 1.20 bits per heavy atom. The van der Waals surface area contributed by atoms with Gasteiger partial charge in [-0.25, -0.2) is 9.78 Å². The molecule has 0 aliphatic heterocycles. The zero-order chi connectivity index (χ0) is 53.0.